The Morgan fingerprint density at radius 3 is 2.82 bits per heavy atom. The monoisotopic (exact) mass is 286 g/mol. The highest BCUT2D eigenvalue weighted by Gasteiger charge is 2.13. The summed E-state index contributed by atoms with van der Waals surface area (Å²) in [5.41, 5.74) is 3.77. The summed E-state index contributed by atoms with van der Waals surface area (Å²) in [7, 11) is 0. The smallest absolute Gasteiger partial charge is 0.159 e. The molecule has 0 aliphatic heterocycles. The number of H-pyrrole nitrogens is 1. The van der Waals surface area contributed by atoms with E-state index in [1.807, 2.05) is 47.2 Å². The molecular formula is C16H10N6. The fourth-order valence-electron chi connectivity index (χ4n) is 2.48. The van der Waals surface area contributed by atoms with Crippen molar-refractivity contribution >= 4 is 11.0 Å². The zero-order valence-electron chi connectivity index (χ0n) is 11.4. The van der Waals surface area contributed by atoms with E-state index in [0.717, 1.165) is 22.3 Å². The van der Waals surface area contributed by atoms with Crippen molar-refractivity contribution < 1.29 is 0 Å². The van der Waals surface area contributed by atoms with Gasteiger partial charge in [-0.15, -0.1) is 0 Å². The van der Waals surface area contributed by atoms with Crippen LogP contribution in [0.25, 0.3) is 28.0 Å². The molecule has 0 saturated carbocycles. The molecular weight excluding hydrogens is 276 g/mol. The number of aromatic nitrogens is 5. The van der Waals surface area contributed by atoms with Crippen molar-refractivity contribution in [1.29, 1.82) is 5.26 Å². The zero-order chi connectivity index (χ0) is 14.9. The number of nitrogens with one attached hydrogen (secondary N) is 1. The van der Waals surface area contributed by atoms with Gasteiger partial charge in [0.15, 0.2) is 5.65 Å². The number of nitriles is 1. The number of hydrogen-bond donors (Lipinski definition) is 1. The topological polar surface area (TPSA) is 83.2 Å². The van der Waals surface area contributed by atoms with Gasteiger partial charge in [-0.1, -0.05) is 18.2 Å². The molecule has 0 unspecified atom stereocenters. The van der Waals surface area contributed by atoms with E-state index in [1.54, 1.807) is 6.20 Å². The molecule has 0 amide bonds. The highest BCUT2D eigenvalue weighted by Crippen LogP contribution is 2.27. The fraction of sp³-hybridized carbons (Fsp3) is 0. The van der Waals surface area contributed by atoms with E-state index in [9.17, 15) is 5.26 Å². The van der Waals surface area contributed by atoms with Crippen molar-refractivity contribution in [1.82, 2.24) is 24.7 Å². The molecule has 22 heavy (non-hydrogen) atoms. The van der Waals surface area contributed by atoms with Crippen LogP contribution in [0.4, 0.5) is 0 Å². The maximum atomic E-state index is 9.39. The van der Waals surface area contributed by atoms with Gasteiger partial charge in [-0.05, 0) is 18.2 Å². The molecule has 0 aliphatic rings. The Hall–Kier alpha value is -3.46. The van der Waals surface area contributed by atoms with Crippen LogP contribution in [0.3, 0.4) is 0 Å². The number of para-hydroxylation sites is 1. The second-order valence-corrected chi connectivity index (χ2v) is 4.79. The normalized spacial score (nSPS) is 10.7. The number of hydrogen-bond acceptors (Lipinski definition) is 4. The minimum absolute atomic E-state index is 0.552. The number of aromatic amines is 1. The highest BCUT2D eigenvalue weighted by atomic mass is 15.1. The van der Waals surface area contributed by atoms with Crippen LogP contribution in [0.1, 0.15) is 5.69 Å². The molecule has 6 heteroatoms. The van der Waals surface area contributed by atoms with E-state index >= 15 is 0 Å². The van der Waals surface area contributed by atoms with Crippen LogP contribution in [-0.2, 0) is 0 Å². The molecule has 0 bridgehead atoms. The molecule has 0 aliphatic carbocycles. The molecule has 104 valence electrons. The summed E-state index contributed by atoms with van der Waals surface area (Å²) in [4.78, 5) is 8.47. The van der Waals surface area contributed by atoms with Crippen LogP contribution in [0.2, 0.25) is 0 Å². The van der Waals surface area contributed by atoms with Crippen LogP contribution in [0.15, 0.2) is 55.1 Å². The highest BCUT2D eigenvalue weighted by molar-refractivity contribution is 5.89. The fourth-order valence-corrected chi connectivity index (χ4v) is 2.48. The number of rotatable bonds is 2. The number of benzene rings is 1. The lowest BCUT2D eigenvalue weighted by Crippen LogP contribution is -1.94. The van der Waals surface area contributed by atoms with Crippen molar-refractivity contribution in [2.75, 3.05) is 0 Å². The SMILES string of the molecule is N#Cc1cc(-c2ncnc3[nH]ncc23)cn1-c1ccccc1. The molecule has 0 fully saturated rings. The van der Waals surface area contributed by atoms with Crippen molar-refractivity contribution in [3.8, 4) is 23.0 Å². The van der Waals surface area contributed by atoms with Gasteiger partial charge in [-0.3, -0.25) is 5.10 Å². The standard InChI is InChI=1S/C16H10N6/c17-7-13-6-11(9-22(13)12-4-2-1-3-5-12)15-14-8-20-21-16(14)19-10-18-15/h1-6,8-10H,(H,18,19,20,21). The summed E-state index contributed by atoms with van der Waals surface area (Å²) in [6, 6.07) is 13.8. The minimum Gasteiger partial charge on any atom is -0.308 e. The van der Waals surface area contributed by atoms with E-state index in [4.69, 9.17) is 0 Å². The lowest BCUT2D eigenvalue weighted by Gasteiger charge is -2.03. The van der Waals surface area contributed by atoms with E-state index in [-0.39, 0.29) is 0 Å². The van der Waals surface area contributed by atoms with Crippen LogP contribution in [0, 0.1) is 11.3 Å². The van der Waals surface area contributed by atoms with E-state index in [2.05, 4.69) is 26.2 Å². The Morgan fingerprint density at radius 2 is 2.00 bits per heavy atom. The van der Waals surface area contributed by atoms with E-state index in [1.165, 1.54) is 6.33 Å². The van der Waals surface area contributed by atoms with Gasteiger partial charge in [0.2, 0.25) is 0 Å². The van der Waals surface area contributed by atoms with Gasteiger partial charge in [0.1, 0.15) is 18.1 Å². The Labute approximate surface area is 125 Å². The first-order valence-electron chi connectivity index (χ1n) is 6.69. The predicted octanol–water partition coefficient (Wildman–Crippen LogP) is 2.68. The van der Waals surface area contributed by atoms with Gasteiger partial charge in [-0.2, -0.15) is 10.4 Å². The van der Waals surface area contributed by atoms with Crippen LogP contribution in [-0.4, -0.2) is 24.7 Å². The Bertz CT molecular complexity index is 990. The first kappa shape index (κ1) is 12.3. The lowest BCUT2D eigenvalue weighted by molar-refractivity contribution is 1.05. The van der Waals surface area contributed by atoms with Crippen molar-refractivity contribution in [2.45, 2.75) is 0 Å². The van der Waals surface area contributed by atoms with E-state index in [0.29, 0.717) is 11.3 Å². The molecule has 0 spiro atoms. The molecule has 3 aromatic heterocycles. The maximum absolute atomic E-state index is 9.39. The lowest BCUT2D eigenvalue weighted by atomic mass is 10.2. The number of nitrogens with zero attached hydrogens (tertiary/aromatic N) is 5. The summed E-state index contributed by atoms with van der Waals surface area (Å²) >= 11 is 0. The predicted molar refractivity (Wildman–Crippen MR) is 81.2 cm³/mol. The average molecular weight is 286 g/mol. The molecule has 3 heterocycles. The summed E-state index contributed by atoms with van der Waals surface area (Å²) in [6.07, 6.45) is 5.08. The molecule has 0 radical (unpaired) electrons. The molecule has 0 saturated heterocycles. The van der Waals surface area contributed by atoms with Crippen molar-refractivity contribution in [3.05, 3.63) is 60.8 Å². The largest absolute Gasteiger partial charge is 0.308 e. The Kier molecular flexibility index (Phi) is 2.70. The van der Waals surface area contributed by atoms with Gasteiger partial charge in [0.05, 0.1) is 17.3 Å². The van der Waals surface area contributed by atoms with Crippen LogP contribution >= 0.6 is 0 Å². The molecule has 0 atom stereocenters. The molecule has 6 nitrogen and oxygen atoms in total. The second-order valence-electron chi connectivity index (χ2n) is 4.79. The van der Waals surface area contributed by atoms with Crippen LogP contribution in [0.5, 0.6) is 0 Å². The van der Waals surface area contributed by atoms with Gasteiger partial charge < -0.3 is 4.57 Å². The quantitative estimate of drug-likeness (QED) is 0.614. The summed E-state index contributed by atoms with van der Waals surface area (Å²) < 4.78 is 1.85. The van der Waals surface area contributed by atoms with Gasteiger partial charge >= 0.3 is 0 Å². The molecule has 4 rings (SSSR count). The number of fused-ring (bicyclic) bond motifs is 1. The minimum atomic E-state index is 0.552. The second kappa shape index (κ2) is 4.82. The van der Waals surface area contributed by atoms with Crippen molar-refractivity contribution in [2.24, 2.45) is 0 Å². The van der Waals surface area contributed by atoms with Gasteiger partial charge in [0.25, 0.3) is 0 Å². The third kappa shape index (κ3) is 1.84. The summed E-state index contributed by atoms with van der Waals surface area (Å²) in [6.45, 7) is 0. The average Bonchev–Trinajstić information content (AvgIpc) is 3.22. The Morgan fingerprint density at radius 1 is 1.14 bits per heavy atom. The zero-order valence-corrected chi connectivity index (χ0v) is 11.4. The first-order valence-corrected chi connectivity index (χ1v) is 6.69. The Balaban J connectivity index is 1.93. The van der Waals surface area contributed by atoms with Gasteiger partial charge in [0, 0.05) is 17.4 Å². The van der Waals surface area contributed by atoms with Crippen LogP contribution < -0.4 is 0 Å². The summed E-state index contributed by atoms with van der Waals surface area (Å²) in [5.74, 6) is 0. The maximum Gasteiger partial charge on any atom is 0.159 e. The van der Waals surface area contributed by atoms with E-state index < -0.39 is 0 Å². The third-order valence-corrected chi connectivity index (χ3v) is 3.49. The first-order chi connectivity index (χ1) is 10.9. The third-order valence-electron chi connectivity index (χ3n) is 3.49. The van der Waals surface area contributed by atoms with Gasteiger partial charge in [-0.25, -0.2) is 9.97 Å². The van der Waals surface area contributed by atoms with Crippen molar-refractivity contribution in [3.63, 3.8) is 0 Å². The molecule has 1 N–H and O–H groups in total. The summed E-state index contributed by atoms with van der Waals surface area (Å²) in [5, 5.41) is 17.0. The molecule has 4 aromatic rings. The molecule has 1 aromatic carbocycles.